The summed E-state index contributed by atoms with van der Waals surface area (Å²) in [6.45, 7) is 2.25. The van der Waals surface area contributed by atoms with Gasteiger partial charge in [-0.2, -0.15) is 0 Å². The van der Waals surface area contributed by atoms with Gasteiger partial charge in [0.25, 0.3) is 0 Å². The van der Waals surface area contributed by atoms with Gasteiger partial charge in [0.1, 0.15) is 0 Å². The molecular formula is C16H17N. The summed E-state index contributed by atoms with van der Waals surface area (Å²) in [5, 5.41) is 3.39. The van der Waals surface area contributed by atoms with Crippen molar-refractivity contribution in [3.63, 3.8) is 0 Å². The van der Waals surface area contributed by atoms with E-state index in [9.17, 15) is 0 Å². The fourth-order valence-electron chi connectivity index (χ4n) is 2.90. The van der Waals surface area contributed by atoms with E-state index in [2.05, 4.69) is 60.8 Å². The topological polar surface area (TPSA) is 12.0 Å². The second-order valence-electron chi connectivity index (χ2n) is 4.73. The van der Waals surface area contributed by atoms with Crippen LogP contribution in [-0.2, 0) is 0 Å². The van der Waals surface area contributed by atoms with Gasteiger partial charge in [0.2, 0.25) is 0 Å². The van der Waals surface area contributed by atoms with Crippen LogP contribution in [0.3, 0.4) is 0 Å². The Morgan fingerprint density at radius 3 is 1.82 bits per heavy atom. The summed E-state index contributed by atoms with van der Waals surface area (Å²) in [5.74, 6) is 0.479. The van der Waals surface area contributed by atoms with Crippen LogP contribution in [0.15, 0.2) is 48.5 Å². The van der Waals surface area contributed by atoms with Gasteiger partial charge in [-0.05, 0) is 36.2 Å². The van der Waals surface area contributed by atoms with Crippen LogP contribution in [0.4, 0.5) is 0 Å². The van der Waals surface area contributed by atoms with Crippen molar-refractivity contribution in [3.8, 4) is 11.1 Å². The Kier molecular flexibility index (Phi) is 2.49. The van der Waals surface area contributed by atoms with Gasteiger partial charge in [0.05, 0.1) is 0 Å². The predicted octanol–water partition coefficient (Wildman–Crippen LogP) is 3.41. The van der Waals surface area contributed by atoms with Gasteiger partial charge in [-0.1, -0.05) is 48.5 Å². The van der Waals surface area contributed by atoms with E-state index in [0.29, 0.717) is 12.0 Å². The van der Waals surface area contributed by atoms with E-state index in [-0.39, 0.29) is 0 Å². The van der Waals surface area contributed by atoms with Crippen LogP contribution in [0, 0.1) is 0 Å². The molecule has 17 heavy (non-hydrogen) atoms. The predicted molar refractivity (Wildman–Crippen MR) is 72.2 cm³/mol. The molecule has 0 saturated carbocycles. The van der Waals surface area contributed by atoms with Crippen molar-refractivity contribution in [1.82, 2.24) is 5.32 Å². The van der Waals surface area contributed by atoms with Crippen LogP contribution in [-0.4, -0.2) is 13.1 Å². The number of fused-ring (bicyclic) bond motifs is 3. The second-order valence-corrected chi connectivity index (χ2v) is 4.73. The Morgan fingerprint density at radius 1 is 0.882 bits per heavy atom. The zero-order chi connectivity index (χ0) is 11.8. The maximum atomic E-state index is 3.39. The van der Waals surface area contributed by atoms with Crippen molar-refractivity contribution >= 4 is 0 Å². The van der Waals surface area contributed by atoms with Crippen LogP contribution in [0.25, 0.3) is 11.1 Å². The number of hydrogen-bond acceptors (Lipinski definition) is 1. The van der Waals surface area contributed by atoms with Crippen LogP contribution in [0.1, 0.15) is 24.0 Å². The lowest BCUT2D eigenvalue weighted by atomic mass is 9.90. The maximum Gasteiger partial charge on any atom is 0.0252 e. The molecule has 0 amide bonds. The third kappa shape index (κ3) is 1.50. The molecule has 86 valence electrons. The van der Waals surface area contributed by atoms with Crippen molar-refractivity contribution in [2.24, 2.45) is 0 Å². The molecule has 1 N–H and O–H groups in total. The van der Waals surface area contributed by atoms with Crippen molar-refractivity contribution in [2.75, 3.05) is 7.05 Å². The summed E-state index contributed by atoms with van der Waals surface area (Å²) in [7, 11) is 2.04. The summed E-state index contributed by atoms with van der Waals surface area (Å²) >= 11 is 0. The summed E-state index contributed by atoms with van der Waals surface area (Å²) in [6, 6.07) is 18.0. The Balaban J connectivity index is 2.23. The molecule has 1 heteroatoms. The first-order valence-electron chi connectivity index (χ1n) is 6.18. The minimum Gasteiger partial charge on any atom is -0.316 e. The molecule has 2 aromatic rings. The van der Waals surface area contributed by atoms with Crippen molar-refractivity contribution in [1.29, 1.82) is 0 Å². The lowest BCUT2D eigenvalue weighted by Gasteiger charge is -2.21. The minimum atomic E-state index is 0.458. The molecule has 0 aliphatic heterocycles. The normalized spacial score (nSPS) is 15.4. The Hall–Kier alpha value is -1.60. The molecule has 1 aliphatic rings. The first-order chi connectivity index (χ1) is 8.33. The number of rotatable bonds is 2. The van der Waals surface area contributed by atoms with E-state index in [1.807, 2.05) is 7.05 Å². The third-order valence-electron chi connectivity index (χ3n) is 3.84. The fraction of sp³-hybridized carbons (Fsp3) is 0.250. The van der Waals surface area contributed by atoms with Gasteiger partial charge in [-0.15, -0.1) is 0 Å². The molecule has 0 fully saturated rings. The molecule has 0 radical (unpaired) electrons. The standard InChI is InChI=1S/C16H17N/c1-11(17-2)16-14-9-5-3-7-12(14)13-8-4-6-10-15(13)16/h3-11,16-17H,1-2H3. The molecule has 0 heterocycles. The van der Waals surface area contributed by atoms with Gasteiger partial charge in [-0.3, -0.25) is 0 Å². The minimum absolute atomic E-state index is 0.458. The number of hydrogen-bond donors (Lipinski definition) is 1. The average Bonchev–Trinajstić information content (AvgIpc) is 2.72. The van der Waals surface area contributed by atoms with Crippen molar-refractivity contribution < 1.29 is 0 Å². The Morgan fingerprint density at radius 2 is 1.35 bits per heavy atom. The van der Waals surface area contributed by atoms with E-state index in [4.69, 9.17) is 0 Å². The summed E-state index contributed by atoms with van der Waals surface area (Å²) in [5.41, 5.74) is 5.71. The van der Waals surface area contributed by atoms with Gasteiger partial charge in [0.15, 0.2) is 0 Å². The second kappa shape index (κ2) is 4.01. The monoisotopic (exact) mass is 223 g/mol. The van der Waals surface area contributed by atoms with E-state index in [1.54, 1.807) is 0 Å². The van der Waals surface area contributed by atoms with E-state index in [0.717, 1.165) is 0 Å². The first kappa shape index (κ1) is 10.5. The highest BCUT2D eigenvalue weighted by molar-refractivity contribution is 5.79. The van der Waals surface area contributed by atoms with Crippen LogP contribution >= 0.6 is 0 Å². The number of nitrogens with one attached hydrogen (secondary N) is 1. The van der Waals surface area contributed by atoms with Gasteiger partial charge >= 0.3 is 0 Å². The average molecular weight is 223 g/mol. The summed E-state index contributed by atoms with van der Waals surface area (Å²) < 4.78 is 0. The largest absolute Gasteiger partial charge is 0.316 e. The molecule has 1 atom stereocenters. The number of benzene rings is 2. The van der Waals surface area contributed by atoms with Crippen LogP contribution in [0.2, 0.25) is 0 Å². The highest BCUT2D eigenvalue weighted by atomic mass is 14.9. The Bertz CT molecular complexity index is 499. The van der Waals surface area contributed by atoms with Gasteiger partial charge in [0, 0.05) is 12.0 Å². The van der Waals surface area contributed by atoms with Gasteiger partial charge < -0.3 is 5.32 Å². The van der Waals surface area contributed by atoms with Crippen LogP contribution in [0.5, 0.6) is 0 Å². The maximum absolute atomic E-state index is 3.39. The smallest absolute Gasteiger partial charge is 0.0252 e. The molecule has 1 unspecified atom stereocenters. The summed E-state index contributed by atoms with van der Waals surface area (Å²) in [4.78, 5) is 0. The van der Waals surface area contributed by atoms with E-state index >= 15 is 0 Å². The molecule has 1 aliphatic carbocycles. The molecule has 0 spiro atoms. The summed E-state index contributed by atoms with van der Waals surface area (Å²) in [6.07, 6.45) is 0. The fourth-order valence-corrected chi connectivity index (χ4v) is 2.90. The molecule has 0 bridgehead atoms. The lowest BCUT2D eigenvalue weighted by Crippen LogP contribution is -2.28. The van der Waals surface area contributed by atoms with Gasteiger partial charge in [-0.25, -0.2) is 0 Å². The molecular weight excluding hydrogens is 206 g/mol. The molecule has 3 rings (SSSR count). The lowest BCUT2D eigenvalue weighted by molar-refractivity contribution is 0.554. The quantitative estimate of drug-likeness (QED) is 0.822. The Labute approximate surface area is 102 Å². The zero-order valence-corrected chi connectivity index (χ0v) is 10.3. The number of likely N-dealkylation sites (N-methyl/N-ethyl adjacent to an activating group) is 1. The highest BCUT2D eigenvalue weighted by Crippen LogP contribution is 2.45. The third-order valence-corrected chi connectivity index (χ3v) is 3.84. The zero-order valence-electron chi connectivity index (χ0n) is 10.3. The van der Waals surface area contributed by atoms with E-state index in [1.165, 1.54) is 22.3 Å². The van der Waals surface area contributed by atoms with Crippen molar-refractivity contribution in [2.45, 2.75) is 18.9 Å². The SMILES string of the molecule is CNC(C)C1c2ccccc2-c2ccccc21. The van der Waals surface area contributed by atoms with Crippen molar-refractivity contribution in [3.05, 3.63) is 59.7 Å². The molecule has 0 saturated heterocycles. The van der Waals surface area contributed by atoms with E-state index < -0.39 is 0 Å². The highest BCUT2D eigenvalue weighted by Gasteiger charge is 2.30. The molecule has 2 aromatic carbocycles. The molecule has 0 aromatic heterocycles. The molecule has 1 nitrogen and oxygen atoms in total. The van der Waals surface area contributed by atoms with Crippen LogP contribution < -0.4 is 5.32 Å². The first-order valence-corrected chi connectivity index (χ1v) is 6.18.